The molecule has 3 nitrogen and oxygen atoms in total. The summed E-state index contributed by atoms with van der Waals surface area (Å²) in [7, 11) is 0. The van der Waals surface area contributed by atoms with E-state index in [0.717, 1.165) is 36.2 Å². The largest absolute Gasteiger partial charge is 0.489 e. The standard InChI is InChI=1S/C11H15BrN2O/c12-10-3-1-2-4-11(10)15-9-5-7-14(13)8-6-9/h1-4,9H,5-8,13H2. The Morgan fingerprint density at radius 3 is 2.60 bits per heavy atom. The van der Waals surface area contributed by atoms with Gasteiger partial charge in [0.2, 0.25) is 0 Å². The van der Waals surface area contributed by atoms with Crippen LogP contribution in [0.3, 0.4) is 0 Å². The van der Waals surface area contributed by atoms with Crippen LogP contribution in [0.25, 0.3) is 0 Å². The summed E-state index contributed by atoms with van der Waals surface area (Å²) in [6.45, 7) is 1.82. The van der Waals surface area contributed by atoms with E-state index in [1.807, 2.05) is 29.3 Å². The van der Waals surface area contributed by atoms with Crippen LogP contribution in [0.1, 0.15) is 12.8 Å². The number of hydrogen-bond acceptors (Lipinski definition) is 3. The first-order chi connectivity index (χ1) is 7.25. The lowest BCUT2D eigenvalue weighted by Crippen LogP contribution is -2.42. The molecule has 1 saturated heterocycles. The molecule has 2 rings (SSSR count). The molecule has 0 amide bonds. The summed E-state index contributed by atoms with van der Waals surface area (Å²) in [5, 5.41) is 1.85. The van der Waals surface area contributed by atoms with E-state index in [4.69, 9.17) is 10.6 Å². The van der Waals surface area contributed by atoms with E-state index < -0.39 is 0 Å². The Morgan fingerprint density at radius 1 is 1.27 bits per heavy atom. The van der Waals surface area contributed by atoms with Crippen LogP contribution < -0.4 is 10.6 Å². The smallest absolute Gasteiger partial charge is 0.133 e. The van der Waals surface area contributed by atoms with Gasteiger partial charge in [0.15, 0.2) is 0 Å². The fourth-order valence-electron chi connectivity index (χ4n) is 1.71. The van der Waals surface area contributed by atoms with Crippen molar-refractivity contribution in [2.45, 2.75) is 18.9 Å². The van der Waals surface area contributed by atoms with Crippen molar-refractivity contribution in [2.24, 2.45) is 5.84 Å². The van der Waals surface area contributed by atoms with Gasteiger partial charge in [0, 0.05) is 13.1 Å². The van der Waals surface area contributed by atoms with Crippen LogP contribution in [-0.2, 0) is 0 Å². The number of nitrogens with zero attached hydrogens (tertiary/aromatic N) is 1. The molecule has 1 heterocycles. The second kappa shape index (κ2) is 4.96. The summed E-state index contributed by atoms with van der Waals surface area (Å²) in [5.41, 5.74) is 0. The minimum absolute atomic E-state index is 0.295. The molecule has 0 bridgehead atoms. The van der Waals surface area contributed by atoms with E-state index in [0.29, 0.717) is 6.10 Å². The van der Waals surface area contributed by atoms with Crippen LogP contribution in [0.2, 0.25) is 0 Å². The highest BCUT2D eigenvalue weighted by Crippen LogP contribution is 2.26. The SMILES string of the molecule is NN1CCC(Oc2ccccc2Br)CC1. The van der Waals surface area contributed by atoms with Gasteiger partial charge in [-0.2, -0.15) is 0 Å². The zero-order chi connectivity index (χ0) is 10.7. The number of hydrazine groups is 1. The van der Waals surface area contributed by atoms with E-state index in [-0.39, 0.29) is 0 Å². The number of ether oxygens (including phenoxy) is 1. The zero-order valence-electron chi connectivity index (χ0n) is 8.53. The minimum atomic E-state index is 0.295. The van der Waals surface area contributed by atoms with Crippen molar-refractivity contribution >= 4 is 15.9 Å². The van der Waals surface area contributed by atoms with E-state index in [1.54, 1.807) is 0 Å². The van der Waals surface area contributed by atoms with Crippen molar-refractivity contribution in [1.82, 2.24) is 5.01 Å². The van der Waals surface area contributed by atoms with Crippen molar-refractivity contribution in [3.05, 3.63) is 28.7 Å². The summed E-state index contributed by atoms with van der Waals surface area (Å²) in [4.78, 5) is 0. The van der Waals surface area contributed by atoms with Gasteiger partial charge in [0.25, 0.3) is 0 Å². The molecule has 4 heteroatoms. The molecule has 82 valence electrons. The van der Waals surface area contributed by atoms with Crippen LogP contribution in [0.4, 0.5) is 0 Å². The normalized spacial score (nSPS) is 19.1. The fourth-order valence-corrected chi connectivity index (χ4v) is 2.09. The topological polar surface area (TPSA) is 38.5 Å². The van der Waals surface area contributed by atoms with Crippen LogP contribution >= 0.6 is 15.9 Å². The van der Waals surface area contributed by atoms with E-state index >= 15 is 0 Å². The molecule has 0 unspecified atom stereocenters. The van der Waals surface area contributed by atoms with Crippen LogP contribution in [0, 0.1) is 0 Å². The summed E-state index contributed by atoms with van der Waals surface area (Å²) in [6, 6.07) is 7.95. The lowest BCUT2D eigenvalue weighted by atomic mass is 10.1. The van der Waals surface area contributed by atoms with Crippen LogP contribution in [-0.4, -0.2) is 24.2 Å². The van der Waals surface area contributed by atoms with E-state index in [1.165, 1.54) is 0 Å². The predicted octanol–water partition coefficient (Wildman–Crippen LogP) is 2.17. The van der Waals surface area contributed by atoms with Crippen molar-refractivity contribution in [2.75, 3.05) is 13.1 Å². The van der Waals surface area contributed by atoms with Crippen LogP contribution in [0.5, 0.6) is 5.75 Å². The van der Waals surface area contributed by atoms with Gasteiger partial charge in [-0.15, -0.1) is 0 Å². The summed E-state index contributed by atoms with van der Waals surface area (Å²) >= 11 is 3.47. The average Bonchev–Trinajstić information content (AvgIpc) is 2.25. The van der Waals surface area contributed by atoms with Crippen LogP contribution in [0.15, 0.2) is 28.7 Å². The van der Waals surface area contributed by atoms with E-state index in [9.17, 15) is 0 Å². The molecular formula is C11H15BrN2O. The Hall–Kier alpha value is -0.580. The van der Waals surface area contributed by atoms with Crippen molar-refractivity contribution in [3.63, 3.8) is 0 Å². The highest BCUT2D eigenvalue weighted by Gasteiger charge is 2.18. The van der Waals surface area contributed by atoms with Gasteiger partial charge >= 0.3 is 0 Å². The second-order valence-electron chi connectivity index (χ2n) is 3.78. The number of benzene rings is 1. The van der Waals surface area contributed by atoms with Gasteiger partial charge in [0.1, 0.15) is 11.9 Å². The molecule has 1 fully saturated rings. The quantitative estimate of drug-likeness (QED) is 0.838. The first-order valence-electron chi connectivity index (χ1n) is 5.16. The first-order valence-corrected chi connectivity index (χ1v) is 5.96. The molecule has 1 aliphatic heterocycles. The minimum Gasteiger partial charge on any atom is -0.489 e. The first kappa shape index (κ1) is 10.9. The maximum Gasteiger partial charge on any atom is 0.133 e. The second-order valence-corrected chi connectivity index (χ2v) is 4.64. The lowest BCUT2D eigenvalue weighted by molar-refractivity contribution is 0.100. The van der Waals surface area contributed by atoms with Gasteiger partial charge < -0.3 is 4.74 Å². The third-order valence-electron chi connectivity index (χ3n) is 2.61. The monoisotopic (exact) mass is 270 g/mol. The Bertz CT molecular complexity index is 324. The van der Waals surface area contributed by atoms with Gasteiger partial charge in [-0.05, 0) is 40.9 Å². The number of rotatable bonds is 2. The van der Waals surface area contributed by atoms with E-state index in [2.05, 4.69) is 15.9 Å². The molecule has 0 radical (unpaired) electrons. The Balaban J connectivity index is 1.95. The molecule has 0 atom stereocenters. The molecule has 2 N–H and O–H groups in total. The van der Waals surface area contributed by atoms with Crippen molar-refractivity contribution < 1.29 is 4.74 Å². The van der Waals surface area contributed by atoms with Gasteiger partial charge in [-0.3, -0.25) is 5.84 Å². The number of para-hydroxylation sites is 1. The number of halogens is 1. The molecule has 0 aromatic heterocycles. The Morgan fingerprint density at radius 2 is 1.93 bits per heavy atom. The maximum absolute atomic E-state index is 5.91. The van der Waals surface area contributed by atoms with Gasteiger partial charge in [0.05, 0.1) is 4.47 Å². The number of nitrogens with two attached hydrogens (primary N) is 1. The summed E-state index contributed by atoms with van der Waals surface area (Å²) < 4.78 is 6.92. The maximum atomic E-state index is 5.91. The van der Waals surface area contributed by atoms with Gasteiger partial charge in [-0.1, -0.05) is 12.1 Å². The molecule has 1 aromatic carbocycles. The summed E-state index contributed by atoms with van der Waals surface area (Å²) in [5.74, 6) is 6.61. The van der Waals surface area contributed by atoms with Gasteiger partial charge in [-0.25, -0.2) is 5.01 Å². The highest BCUT2D eigenvalue weighted by molar-refractivity contribution is 9.10. The fraction of sp³-hybridized carbons (Fsp3) is 0.455. The number of hydrogen-bond donors (Lipinski definition) is 1. The molecule has 0 spiro atoms. The Labute approximate surface area is 98.3 Å². The van der Waals surface area contributed by atoms with Crippen molar-refractivity contribution in [3.8, 4) is 5.75 Å². The Kier molecular flexibility index (Phi) is 3.61. The molecule has 1 aromatic rings. The molecular weight excluding hydrogens is 256 g/mol. The third-order valence-corrected chi connectivity index (χ3v) is 3.26. The molecule has 1 aliphatic rings. The predicted molar refractivity (Wildman–Crippen MR) is 63.6 cm³/mol. The third kappa shape index (κ3) is 2.93. The molecule has 0 saturated carbocycles. The number of piperidine rings is 1. The lowest BCUT2D eigenvalue weighted by Gasteiger charge is -2.29. The highest BCUT2D eigenvalue weighted by atomic mass is 79.9. The molecule has 15 heavy (non-hydrogen) atoms. The zero-order valence-corrected chi connectivity index (χ0v) is 10.1. The van der Waals surface area contributed by atoms with Crippen molar-refractivity contribution in [1.29, 1.82) is 0 Å². The average molecular weight is 271 g/mol. The summed E-state index contributed by atoms with van der Waals surface area (Å²) in [6.07, 6.45) is 2.29. The molecule has 0 aliphatic carbocycles.